The molecular formula is C20H24N2O4S. The van der Waals surface area contributed by atoms with Gasteiger partial charge in [-0.25, -0.2) is 4.79 Å². The molecule has 27 heavy (non-hydrogen) atoms. The fourth-order valence-corrected chi connectivity index (χ4v) is 3.78. The Kier molecular flexibility index (Phi) is 7.12. The third-order valence-electron chi connectivity index (χ3n) is 4.12. The summed E-state index contributed by atoms with van der Waals surface area (Å²) in [6.07, 6.45) is 1.02. The van der Waals surface area contributed by atoms with E-state index in [9.17, 15) is 14.4 Å². The molecule has 2 amide bonds. The standard InChI is InChI=1S/C20H24N2O4S/c1-5-9-15(23)22-19-16(20(25)26-4)12(2)17(27-19)18(24)21-13(3)14-10-7-6-8-11-14/h6-8,10-11,13H,5,9H2,1-4H3,(H,21,24)(H,22,23). The molecule has 2 rings (SSSR count). The van der Waals surface area contributed by atoms with Gasteiger partial charge in [-0.3, -0.25) is 9.59 Å². The van der Waals surface area contributed by atoms with Crippen molar-refractivity contribution in [3.63, 3.8) is 0 Å². The van der Waals surface area contributed by atoms with E-state index in [2.05, 4.69) is 10.6 Å². The van der Waals surface area contributed by atoms with Crippen LogP contribution in [0.3, 0.4) is 0 Å². The molecule has 0 radical (unpaired) electrons. The highest BCUT2D eigenvalue weighted by Crippen LogP contribution is 2.34. The van der Waals surface area contributed by atoms with E-state index in [1.807, 2.05) is 44.2 Å². The van der Waals surface area contributed by atoms with E-state index in [-0.39, 0.29) is 23.4 Å². The van der Waals surface area contributed by atoms with Crippen LogP contribution in [0.1, 0.15) is 63.9 Å². The van der Waals surface area contributed by atoms with Crippen molar-refractivity contribution in [3.05, 3.63) is 51.9 Å². The van der Waals surface area contributed by atoms with Crippen LogP contribution in [0.5, 0.6) is 0 Å². The maximum atomic E-state index is 12.8. The van der Waals surface area contributed by atoms with E-state index < -0.39 is 5.97 Å². The summed E-state index contributed by atoms with van der Waals surface area (Å²) < 4.78 is 4.83. The maximum Gasteiger partial charge on any atom is 0.341 e. The maximum absolute atomic E-state index is 12.8. The zero-order valence-electron chi connectivity index (χ0n) is 15.9. The monoisotopic (exact) mass is 388 g/mol. The summed E-state index contributed by atoms with van der Waals surface area (Å²) in [6.45, 7) is 5.46. The first kappa shape index (κ1) is 20.6. The Morgan fingerprint density at radius 1 is 1.19 bits per heavy atom. The second-order valence-corrected chi connectivity index (χ2v) is 7.18. The van der Waals surface area contributed by atoms with Crippen molar-refractivity contribution in [1.29, 1.82) is 0 Å². The van der Waals surface area contributed by atoms with Crippen LogP contribution in [0.15, 0.2) is 30.3 Å². The van der Waals surface area contributed by atoms with Crippen molar-refractivity contribution < 1.29 is 19.1 Å². The first-order valence-electron chi connectivity index (χ1n) is 8.76. The smallest absolute Gasteiger partial charge is 0.341 e. The molecule has 0 bridgehead atoms. The number of anilines is 1. The van der Waals surface area contributed by atoms with Gasteiger partial charge in [0.25, 0.3) is 5.91 Å². The SMILES string of the molecule is CCCC(=O)Nc1sc(C(=O)NC(C)c2ccccc2)c(C)c1C(=O)OC. The molecule has 0 aliphatic rings. The van der Waals surface area contributed by atoms with Gasteiger partial charge in [-0.2, -0.15) is 0 Å². The van der Waals surface area contributed by atoms with Crippen molar-refractivity contribution in [2.75, 3.05) is 12.4 Å². The van der Waals surface area contributed by atoms with E-state index >= 15 is 0 Å². The molecule has 7 heteroatoms. The molecule has 1 heterocycles. The Bertz CT molecular complexity index is 830. The molecule has 1 aromatic heterocycles. The van der Waals surface area contributed by atoms with Gasteiger partial charge in [0.2, 0.25) is 5.91 Å². The minimum Gasteiger partial charge on any atom is -0.465 e. The highest BCUT2D eigenvalue weighted by Gasteiger charge is 2.26. The van der Waals surface area contributed by atoms with E-state index in [1.54, 1.807) is 6.92 Å². The predicted molar refractivity (Wildman–Crippen MR) is 106 cm³/mol. The molecule has 1 aromatic carbocycles. The molecule has 2 aromatic rings. The van der Waals surface area contributed by atoms with Crippen LogP contribution in [0.4, 0.5) is 5.00 Å². The second-order valence-electron chi connectivity index (χ2n) is 6.16. The summed E-state index contributed by atoms with van der Waals surface area (Å²) in [6, 6.07) is 9.40. The molecule has 6 nitrogen and oxygen atoms in total. The summed E-state index contributed by atoms with van der Waals surface area (Å²) >= 11 is 1.08. The van der Waals surface area contributed by atoms with Crippen LogP contribution >= 0.6 is 11.3 Å². The number of ether oxygens (including phenoxy) is 1. The van der Waals surface area contributed by atoms with Crippen LogP contribution in [-0.2, 0) is 9.53 Å². The van der Waals surface area contributed by atoms with Crippen molar-refractivity contribution in [2.24, 2.45) is 0 Å². The lowest BCUT2D eigenvalue weighted by Gasteiger charge is -2.14. The van der Waals surface area contributed by atoms with Gasteiger partial charge in [0, 0.05) is 6.42 Å². The quantitative estimate of drug-likeness (QED) is 0.700. The highest BCUT2D eigenvalue weighted by atomic mass is 32.1. The number of carbonyl (C=O) groups is 3. The average Bonchev–Trinajstić information content (AvgIpc) is 2.98. The summed E-state index contributed by atoms with van der Waals surface area (Å²) in [5, 5.41) is 6.01. The first-order valence-corrected chi connectivity index (χ1v) is 9.58. The van der Waals surface area contributed by atoms with Gasteiger partial charge in [0.05, 0.1) is 23.6 Å². The Hall–Kier alpha value is -2.67. The van der Waals surface area contributed by atoms with Crippen LogP contribution in [-0.4, -0.2) is 24.9 Å². The predicted octanol–water partition coefficient (Wildman–Crippen LogP) is 4.07. The lowest BCUT2D eigenvalue weighted by Crippen LogP contribution is -2.26. The summed E-state index contributed by atoms with van der Waals surface area (Å²) in [4.78, 5) is 37.3. The minimum atomic E-state index is -0.578. The first-order chi connectivity index (χ1) is 12.9. The van der Waals surface area contributed by atoms with Crippen LogP contribution in [0.25, 0.3) is 0 Å². The van der Waals surface area contributed by atoms with Crippen LogP contribution < -0.4 is 10.6 Å². The molecule has 0 aliphatic heterocycles. The van der Waals surface area contributed by atoms with Gasteiger partial charge in [-0.1, -0.05) is 37.3 Å². The molecule has 0 spiro atoms. The number of amides is 2. The molecule has 0 fully saturated rings. The zero-order chi connectivity index (χ0) is 20.0. The van der Waals surface area contributed by atoms with Gasteiger partial charge in [-0.15, -0.1) is 11.3 Å². The summed E-state index contributed by atoms with van der Waals surface area (Å²) in [5.41, 5.74) is 1.70. The van der Waals surface area contributed by atoms with Crippen molar-refractivity contribution in [2.45, 2.75) is 39.7 Å². The highest BCUT2D eigenvalue weighted by molar-refractivity contribution is 7.18. The third-order valence-corrected chi connectivity index (χ3v) is 5.33. The lowest BCUT2D eigenvalue weighted by molar-refractivity contribution is -0.116. The second kappa shape index (κ2) is 9.32. The number of methoxy groups -OCH3 is 1. The summed E-state index contributed by atoms with van der Waals surface area (Å²) in [5.74, 6) is -1.07. The van der Waals surface area contributed by atoms with Crippen molar-refractivity contribution in [3.8, 4) is 0 Å². The topological polar surface area (TPSA) is 84.5 Å². The van der Waals surface area contributed by atoms with Gasteiger partial charge < -0.3 is 15.4 Å². The fourth-order valence-electron chi connectivity index (χ4n) is 2.67. The molecule has 0 saturated carbocycles. The molecule has 144 valence electrons. The van der Waals surface area contributed by atoms with Gasteiger partial charge in [-0.05, 0) is 31.4 Å². The Morgan fingerprint density at radius 2 is 1.85 bits per heavy atom. The molecule has 0 saturated heterocycles. The third kappa shape index (κ3) is 4.95. The number of thiophene rings is 1. The average molecular weight is 388 g/mol. The number of nitrogens with one attached hydrogen (secondary N) is 2. The van der Waals surface area contributed by atoms with Gasteiger partial charge in [0.1, 0.15) is 5.00 Å². The van der Waals surface area contributed by atoms with Gasteiger partial charge >= 0.3 is 5.97 Å². The van der Waals surface area contributed by atoms with E-state index in [1.165, 1.54) is 7.11 Å². The Balaban J connectivity index is 2.30. The summed E-state index contributed by atoms with van der Waals surface area (Å²) in [7, 11) is 1.27. The van der Waals surface area contributed by atoms with E-state index in [4.69, 9.17) is 4.74 Å². The number of rotatable bonds is 7. The Labute approximate surface area is 162 Å². The number of hydrogen-bond donors (Lipinski definition) is 2. The number of esters is 1. The van der Waals surface area contributed by atoms with Gasteiger partial charge in [0.15, 0.2) is 0 Å². The minimum absolute atomic E-state index is 0.195. The lowest BCUT2D eigenvalue weighted by atomic mass is 10.1. The molecule has 2 N–H and O–H groups in total. The van der Waals surface area contributed by atoms with E-state index in [0.717, 1.165) is 16.9 Å². The van der Waals surface area contributed by atoms with Crippen molar-refractivity contribution >= 4 is 34.1 Å². The number of carbonyl (C=O) groups excluding carboxylic acids is 3. The van der Waals surface area contributed by atoms with E-state index in [0.29, 0.717) is 28.3 Å². The molecular weight excluding hydrogens is 364 g/mol. The molecule has 1 atom stereocenters. The molecule has 1 unspecified atom stereocenters. The number of hydrogen-bond acceptors (Lipinski definition) is 5. The zero-order valence-corrected chi connectivity index (χ0v) is 16.7. The van der Waals surface area contributed by atoms with Crippen LogP contribution in [0.2, 0.25) is 0 Å². The Morgan fingerprint density at radius 3 is 2.44 bits per heavy atom. The molecule has 0 aliphatic carbocycles. The van der Waals surface area contributed by atoms with Crippen LogP contribution in [0, 0.1) is 6.92 Å². The largest absolute Gasteiger partial charge is 0.465 e. The normalized spacial score (nSPS) is 11.6. The van der Waals surface area contributed by atoms with Crippen molar-refractivity contribution in [1.82, 2.24) is 5.32 Å². The number of benzene rings is 1. The fraction of sp³-hybridized carbons (Fsp3) is 0.350.